The van der Waals surface area contributed by atoms with Crippen molar-refractivity contribution in [3.05, 3.63) is 28.4 Å². The van der Waals surface area contributed by atoms with Crippen LogP contribution in [0.1, 0.15) is 5.82 Å². The Morgan fingerprint density at radius 1 is 1.54 bits per heavy atom. The number of H-pyrrole nitrogens is 1. The van der Waals surface area contributed by atoms with Crippen LogP contribution in [0, 0.1) is 6.92 Å². The molecule has 2 rings (SSSR count). The smallest absolute Gasteiger partial charge is 0.258 e. The fraction of sp³-hybridized carbons (Fsp3) is 0.125. The highest BCUT2D eigenvalue weighted by atomic mass is 16.1. The topological polar surface area (TPSA) is 84.7 Å². The van der Waals surface area contributed by atoms with Crippen LogP contribution in [-0.4, -0.2) is 15.0 Å². The first-order chi connectivity index (χ1) is 6.18. The van der Waals surface area contributed by atoms with Crippen molar-refractivity contribution in [1.82, 2.24) is 15.0 Å². The minimum absolute atomic E-state index is 0.184. The van der Waals surface area contributed by atoms with Gasteiger partial charge in [0.25, 0.3) is 5.56 Å². The number of anilines is 1. The average Bonchev–Trinajstić information content (AvgIpc) is 2.07. The highest BCUT2D eigenvalue weighted by Gasteiger charge is 2.03. The fourth-order valence-corrected chi connectivity index (χ4v) is 1.20. The van der Waals surface area contributed by atoms with E-state index in [1.807, 2.05) is 0 Å². The van der Waals surface area contributed by atoms with Crippen LogP contribution in [-0.2, 0) is 0 Å². The van der Waals surface area contributed by atoms with Crippen molar-refractivity contribution >= 4 is 16.7 Å². The molecule has 5 nitrogen and oxygen atoms in total. The number of pyridine rings is 1. The second-order valence-electron chi connectivity index (χ2n) is 2.74. The molecule has 0 aromatic carbocycles. The molecule has 2 aromatic heterocycles. The van der Waals surface area contributed by atoms with E-state index in [0.717, 1.165) is 0 Å². The summed E-state index contributed by atoms with van der Waals surface area (Å²) in [5.74, 6) is 0.823. The summed E-state index contributed by atoms with van der Waals surface area (Å²) in [6.07, 6.45) is 1.49. The number of hydrogen-bond acceptors (Lipinski definition) is 4. The van der Waals surface area contributed by atoms with Crippen molar-refractivity contribution in [3.8, 4) is 0 Å². The number of aromatic nitrogens is 3. The molecule has 2 aromatic rings. The van der Waals surface area contributed by atoms with E-state index in [1.54, 1.807) is 13.0 Å². The zero-order valence-electron chi connectivity index (χ0n) is 7.03. The van der Waals surface area contributed by atoms with Gasteiger partial charge in [0.1, 0.15) is 17.2 Å². The van der Waals surface area contributed by atoms with Crippen molar-refractivity contribution < 1.29 is 0 Å². The Morgan fingerprint density at radius 3 is 3.08 bits per heavy atom. The highest BCUT2D eigenvalue weighted by Crippen LogP contribution is 2.10. The maximum absolute atomic E-state index is 11.4. The van der Waals surface area contributed by atoms with Crippen molar-refractivity contribution in [1.29, 1.82) is 0 Å². The van der Waals surface area contributed by atoms with Gasteiger partial charge in [-0.05, 0) is 13.0 Å². The minimum atomic E-state index is -0.184. The van der Waals surface area contributed by atoms with Crippen LogP contribution >= 0.6 is 0 Å². The van der Waals surface area contributed by atoms with Crippen LogP contribution in [0.25, 0.3) is 10.9 Å². The molecular weight excluding hydrogens is 168 g/mol. The third kappa shape index (κ3) is 1.14. The Balaban J connectivity index is 3.03. The van der Waals surface area contributed by atoms with Gasteiger partial charge in [-0.2, -0.15) is 0 Å². The molecule has 0 aliphatic carbocycles. The van der Waals surface area contributed by atoms with Gasteiger partial charge >= 0.3 is 0 Å². The third-order valence-corrected chi connectivity index (χ3v) is 1.77. The molecule has 5 heteroatoms. The van der Waals surface area contributed by atoms with Gasteiger partial charge in [0.15, 0.2) is 0 Å². The van der Waals surface area contributed by atoms with Gasteiger partial charge in [0.2, 0.25) is 0 Å². The first-order valence-corrected chi connectivity index (χ1v) is 3.79. The second kappa shape index (κ2) is 2.55. The molecular formula is C8H8N4O. The highest BCUT2D eigenvalue weighted by molar-refractivity contribution is 5.85. The summed E-state index contributed by atoms with van der Waals surface area (Å²) in [5.41, 5.74) is 5.85. The SMILES string of the molecule is Cc1nc2c(N)nccc2c(=O)[nH]1. The van der Waals surface area contributed by atoms with E-state index in [1.165, 1.54) is 6.20 Å². The molecule has 2 heterocycles. The van der Waals surface area contributed by atoms with Crippen LogP contribution in [0.3, 0.4) is 0 Å². The van der Waals surface area contributed by atoms with Gasteiger partial charge in [-0.3, -0.25) is 4.79 Å². The quantitative estimate of drug-likeness (QED) is 0.600. The number of aryl methyl sites for hydroxylation is 1. The zero-order chi connectivity index (χ0) is 9.42. The van der Waals surface area contributed by atoms with E-state index in [9.17, 15) is 4.79 Å². The summed E-state index contributed by atoms with van der Waals surface area (Å²) < 4.78 is 0. The first kappa shape index (κ1) is 7.72. The summed E-state index contributed by atoms with van der Waals surface area (Å²) in [5, 5.41) is 0.470. The number of fused-ring (bicyclic) bond motifs is 1. The van der Waals surface area contributed by atoms with Crippen molar-refractivity contribution in [2.75, 3.05) is 5.73 Å². The predicted molar refractivity (Wildman–Crippen MR) is 49.3 cm³/mol. The molecule has 0 saturated heterocycles. The molecule has 0 atom stereocenters. The fourth-order valence-electron chi connectivity index (χ4n) is 1.20. The summed E-state index contributed by atoms with van der Waals surface area (Å²) >= 11 is 0. The Labute approximate surface area is 73.6 Å². The van der Waals surface area contributed by atoms with Crippen LogP contribution in [0.15, 0.2) is 17.1 Å². The van der Waals surface area contributed by atoms with E-state index in [4.69, 9.17) is 5.73 Å². The number of nitrogens with two attached hydrogens (primary N) is 1. The van der Waals surface area contributed by atoms with Gasteiger partial charge in [-0.15, -0.1) is 0 Å². The normalized spacial score (nSPS) is 10.5. The van der Waals surface area contributed by atoms with Crippen LogP contribution < -0.4 is 11.3 Å². The number of aromatic amines is 1. The van der Waals surface area contributed by atoms with Crippen LogP contribution in [0.2, 0.25) is 0 Å². The maximum Gasteiger partial charge on any atom is 0.258 e. The van der Waals surface area contributed by atoms with E-state index in [-0.39, 0.29) is 11.4 Å². The molecule has 3 N–H and O–H groups in total. The lowest BCUT2D eigenvalue weighted by Gasteiger charge is -1.99. The zero-order valence-corrected chi connectivity index (χ0v) is 7.03. The second-order valence-corrected chi connectivity index (χ2v) is 2.74. The molecule has 0 aliphatic heterocycles. The van der Waals surface area contributed by atoms with Crippen molar-refractivity contribution in [2.45, 2.75) is 6.92 Å². The van der Waals surface area contributed by atoms with E-state index in [2.05, 4.69) is 15.0 Å². The molecule has 0 aliphatic rings. The standard InChI is InChI=1S/C8H8N4O/c1-4-11-6-5(8(13)12-4)2-3-10-7(6)9/h2-3H,1H3,(H2,9,10)(H,11,12,13). The number of nitrogen functional groups attached to an aromatic ring is 1. The average molecular weight is 176 g/mol. The Bertz CT molecular complexity index is 517. The minimum Gasteiger partial charge on any atom is -0.382 e. The van der Waals surface area contributed by atoms with Gasteiger partial charge in [0, 0.05) is 6.20 Å². The molecule has 0 spiro atoms. The Kier molecular flexibility index (Phi) is 1.51. The van der Waals surface area contributed by atoms with Crippen LogP contribution in [0.4, 0.5) is 5.82 Å². The first-order valence-electron chi connectivity index (χ1n) is 3.79. The van der Waals surface area contributed by atoms with Gasteiger partial charge < -0.3 is 10.7 Å². The monoisotopic (exact) mass is 176 g/mol. The summed E-state index contributed by atoms with van der Waals surface area (Å²) in [6.45, 7) is 1.70. The summed E-state index contributed by atoms with van der Waals surface area (Å²) in [4.78, 5) is 21.9. The molecule has 0 unspecified atom stereocenters. The lowest BCUT2D eigenvalue weighted by molar-refractivity contribution is 1.05. The molecule has 0 radical (unpaired) electrons. The largest absolute Gasteiger partial charge is 0.382 e. The van der Waals surface area contributed by atoms with Gasteiger partial charge in [-0.1, -0.05) is 0 Å². The Hall–Kier alpha value is -1.91. The number of rotatable bonds is 0. The van der Waals surface area contributed by atoms with Crippen molar-refractivity contribution in [3.63, 3.8) is 0 Å². The summed E-state index contributed by atoms with van der Waals surface area (Å²) in [6, 6.07) is 1.59. The number of nitrogens with zero attached hydrogens (tertiary/aromatic N) is 2. The number of hydrogen-bond donors (Lipinski definition) is 2. The van der Waals surface area contributed by atoms with E-state index in [0.29, 0.717) is 16.7 Å². The third-order valence-electron chi connectivity index (χ3n) is 1.77. The lowest BCUT2D eigenvalue weighted by atomic mass is 10.3. The molecule has 0 amide bonds. The summed E-state index contributed by atoms with van der Waals surface area (Å²) in [7, 11) is 0. The maximum atomic E-state index is 11.4. The molecule has 0 saturated carbocycles. The Morgan fingerprint density at radius 2 is 2.31 bits per heavy atom. The molecule has 0 fully saturated rings. The molecule has 66 valence electrons. The predicted octanol–water partition coefficient (Wildman–Crippen LogP) is 0.209. The van der Waals surface area contributed by atoms with Crippen molar-refractivity contribution in [2.24, 2.45) is 0 Å². The van der Waals surface area contributed by atoms with Crippen LogP contribution in [0.5, 0.6) is 0 Å². The molecule has 13 heavy (non-hydrogen) atoms. The van der Waals surface area contributed by atoms with E-state index >= 15 is 0 Å². The number of nitrogens with one attached hydrogen (secondary N) is 1. The van der Waals surface area contributed by atoms with Gasteiger partial charge in [-0.25, -0.2) is 9.97 Å². The van der Waals surface area contributed by atoms with Gasteiger partial charge in [0.05, 0.1) is 5.39 Å². The lowest BCUT2D eigenvalue weighted by Crippen LogP contribution is -2.11. The molecule has 0 bridgehead atoms. The van der Waals surface area contributed by atoms with E-state index < -0.39 is 0 Å².